The Balaban J connectivity index is 1.48. The smallest absolute Gasteiger partial charge is 0.264 e. The molecule has 0 spiro atoms. The second kappa shape index (κ2) is 11.7. The molecule has 0 unspecified atom stereocenters. The predicted octanol–water partition coefficient (Wildman–Crippen LogP) is 4.90. The molecule has 2 aromatic heterocycles. The molecule has 1 aliphatic rings. The fourth-order valence-corrected chi connectivity index (χ4v) is 4.96. The first-order valence-corrected chi connectivity index (χ1v) is 13.5. The number of likely N-dealkylation sites (tertiary alicyclic amines) is 1. The molecule has 3 N–H and O–H groups in total. The molecule has 5 rings (SSSR count). The number of benzene rings is 2. The number of rotatable bonds is 7. The highest BCUT2D eigenvalue weighted by molar-refractivity contribution is 5.99. The van der Waals surface area contributed by atoms with E-state index in [1.165, 1.54) is 30.6 Å². The zero-order valence-corrected chi connectivity index (χ0v) is 23.7. The zero-order chi connectivity index (χ0) is 30.9. The molecule has 1 fully saturated rings. The fourth-order valence-electron chi connectivity index (χ4n) is 4.96. The molecule has 0 aliphatic carbocycles. The lowest BCUT2D eigenvalue weighted by Crippen LogP contribution is -2.42. The van der Waals surface area contributed by atoms with Gasteiger partial charge in [-0.2, -0.15) is 14.8 Å². The average molecular weight is 591 g/mol. The molecular formula is C30H29F3N8O2. The van der Waals surface area contributed by atoms with E-state index in [1.54, 1.807) is 22.7 Å². The molecule has 0 bridgehead atoms. The van der Waals surface area contributed by atoms with E-state index < -0.39 is 28.9 Å². The molecule has 1 saturated heterocycles. The Kier molecular flexibility index (Phi) is 8.06. The van der Waals surface area contributed by atoms with Gasteiger partial charge in [0, 0.05) is 30.3 Å². The molecule has 43 heavy (non-hydrogen) atoms. The minimum absolute atomic E-state index is 0.0279. The number of anilines is 1. The van der Waals surface area contributed by atoms with Crippen LogP contribution in [0.4, 0.5) is 19.0 Å². The average Bonchev–Trinajstić information content (AvgIpc) is 3.39. The van der Waals surface area contributed by atoms with Gasteiger partial charge in [-0.25, -0.2) is 23.4 Å². The summed E-state index contributed by atoms with van der Waals surface area (Å²) < 4.78 is 50.2. The fraction of sp³-hybridized carbons (Fsp3) is 0.300. The number of nitrogens with one attached hydrogen (secondary N) is 1. The number of nitrogen functional groups attached to an aromatic ring is 1. The second-order valence-corrected chi connectivity index (χ2v) is 10.7. The van der Waals surface area contributed by atoms with Crippen LogP contribution in [0, 0.1) is 28.8 Å². The summed E-state index contributed by atoms with van der Waals surface area (Å²) >= 11 is 0. The highest BCUT2D eigenvalue weighted by Gasteiger charge is 2.31. The molecule has 2 aromatic carbocycles. The molecule has 4 aromatic rings. The number of carbonyl (C=O) groups excluding carboxylic acids is 1. The van der Waals surface area contributed by atoms with Crippen LogP contribution in [-0.4, -0.2) is 56.2 Å². The lowest BCUT2D eigenvalue weighted by molar-refractivity contribution is -0.128. The van der Waals surface area contributed by atoms with Crippen LogP contribution in [0.15, 0.2) is 54.4 Å². The molecule has 1 atom stereocenters. The lowest BCUT2D eigenvalue weighted by atomic mass is 10.00. The Morgan fingerprint density at radius 1 is 1.21 bits per heavy atom. The monoisotopic (exact) mass is 590 g/mol. The lowest BCUT2D eigenvalue weighted by Gasteiger charge is -2.33. The number of hydrogen-bond donors (Lipinski definition) is 2. The largest absolute Gasteiger partial charge is 0.454 e. The van der Waals surface area contributed by atoms with Gasteiger partial charge in [0.05, 0.1) is 11.4 Å². The summed E-state index contributed by atoms with van der Waals surface area (Å²) in [4.78, 5) is 23.4. The third-order valence-electron chi connectivity index (χ3n) is 7.39. The molecule has 1 aliphatic heterocycles. The number of amides is 1. The molecule has 222 valence electrons. The van der Waals surface area contributed by atoms with E-state index in [9.17, 15) is 18.8 Å². The molecule has 13 heteroatoms. The van der Waals surface area contributed by atoms with Crippen LogP contribution in [0.25, 0.3) is 22.3 Å². The van der Waals surface area contributed by atoms with Crippen molar-refractivity contribution in [1.82, 2.24) is 30.0 Å². The summed E-state index contributed by atoms with van der Waals surface area (Å²) in [7, 11) is 1.74. The standard InChI is InChI=1S/C30H29F3N8O2/c1-30(2,36-3)13-17(14-34)29(42)40-11-5-6-18(15-40)41-28-24(27(35)37-16-38-28)26(39-41)20-10-9-19(12-22(20)32)43-23-8-4-7-21(31)25(23)33/h4,7-10,12-13,16,18,36H,5-6,11,15H2,1-3H3,(H2,35,37,38)/t18-/m1/s1. The second-order valence-electron chi connectivity index (χ2n) is 10.7. The van der Waals surface area contributed by atoms with Crippen molar-refractivity contribution >= 4 is 22.8 Å². The summed E-state index contributed by atoms with van der Waals surface area (Å²) in [5, 5.41) is 17.8. The number of carbonyl (C=O) groups is 1. The minimum Gasteiger partial charge on any atom is -0.454 e. The van der Waals surface area contributed by atoms with Crippen LogP contribution < -0.4 is 15.8 Å². The molecule has 0 radical (unpaired) electrons. The van der Waals surface area contributed by atoms with Crippen molar-refractivity contribution in [3.05, 3.63) is 71.8 Å². The van der Waals surface area contributed by atoms with E-state index in [1.807, 2.05) is 19.9 Å². The quantitative estimate of drug-likeness (QED) is 0.229. The summed E-state index contributed by atoms with van der Waals surface area (Å²) in [6, 6.07) is 8.96. The van der Waals surface area contributed by atoms with Crippen molar-refractivity contribution in [2.45, 2.75) is 38.3 Å². The van der Waals surface area contributed by atoms with Gasteiger partial charge in [0.15, 0.2) is 17.2 Å². The highest BCUT2D eigenvalue weighted by atomic mass is 19.2. The maximum atomic E-state index is 15.5. The van der Waals surface area contributed by atoms with Crippen molar-refractivity contribution in [3.8, 4) is 28.8 Å². The SMILES string of the molecule is CNC(C)(C)C=C(C#N)C(=O)N1CCC[C@@H](n2nc(-c3ccc(Oc4cccc(F)c4F)cc3F)c3c(N)ncnc32)C1. The number of piperidine rings is 1. The summed E-state index contributed by atoms with van der Waals surface area (Å²) in [6.45, 7) is 4.41. The Hall–Kier alpha value is -4.96. The van der Waals surface area contributed by atoms with Crippen molar-refractivity contribution < 1.29 is 22.7 Å². The topological polar surface area (TPSA) is 135 Å². The van der Waals surface area contributed by atoms with Gasteiger partial charge in [-0.3, -0.25) is 4.79 Å². The van der Waals surface area contributed by atoms with Crippen LogP contribution in [0.2, 0.25) is 0 Å². The minimum atomic E-state index is -1.19. The number of halogens is 3. The predicted molar refractivity (Wildman–Crippen MR) is 153 cm³/mol. The number of likely N-dealkylation sites (N-methyl/N-ethyl adjacent to an activating group) is 1. The van der Waals surface area contributed by atoms with Gasteiger partial charge in [0.1, 0.15) is 41.0 Å². The van der Waals surface area contributed by atoms with Crippen LogP contribution in [-0.2, 0) is 4.79 Å². The normalized spacial score (nSPS) is 15.9. The van der Waals surface area contributed by atoms with Gasteiger partial charge in [-0.05, 0) is 64.1 Å². The molecule has 10 nitrogen and oxygen atoms in total. The number of hydrogen-bond acceptors (Lipinski definition) is 8. The third kappa shape index (κ3) is 5.87. The molecular weight excluding hydrogens is 561 g/mol. The van der Waals surface area contributed by atoms with Crippen LogP contribution in [0.5, 0.6) is 11.5 Å². The maximum Gasteiger partial charge on any atom is 0.264 e. The van der Waals surface area contributed by atoms with Crippen molar-refractivity contribution in [3.63, 3.8) is 0 Å². The van der Waals surface area contributed by atoms with Gasteiger partial charge in [-0.1, -0.05) is 6.07 Å². The molecule has 1 amide bonds. The number of nitrogens with zero attached hydrogens (tertiary/aromatic N) is 6. The number of nitriles is 1. The number of ether oxygens (including phenoxy) is 1. The summed E-state index contributed by atoms with van der Waals surface area (Å²) in [5.41, 5.74) is 6.27. The highest BCUT2D eigenvalue weighted by Crippen LogP contribution is 2.37. The van der Waals surface area contributed by atoms with E-state index in [4.69, 9.17) is 15.6 Å². The van der Waals surface area contributed by atoms with Crippen molar-refractivity contribution in [2.24, 2.45) is 0 Å². The first kappa shape index (κ1) is 29.5. The summed E-state index contributed by atoms with van der Waals surface area (Å²) in [6.07, 6.45) is 4.17. The van der Waals surface area contributed by atoms with E-state index in [-0.39, 0.29) is 46.7 Å². The molecule has 0 saturated carbocycles. The Bertz CT molecular complexity index is 1780. The Labute approximate surface area is 245 Å². The number of fused-ring (bicyclic) bond motifs is 1. The van der Waals surface area contributed by atoms with Gasteiger partial charge in [0.25, 0.3) is 5.91 Å². The van der Waals surface area contributed by atoms with Crippen molar-refractivity contribution in [2.75, 3.05) is 25.9 Å². The van der Waals surface area contributed by atoms with E-state index in [0.717, 1.165) is 12.1 Å². The summed E-state index contributed by atoms with van der Waals surface area (Å²) in [5.74, 6) is -3.78. The Morgan fingerprint density at radius 3 is 2.72 bits per heavy atom. The van der Waals surface area contributed by atoms with Gasteiger partial charge in [-0.15, -0.1) is 0 Å². The Morgan fingerprint density at radius 2 is 2.00 bits per heavy atom. The van der Waals surface area contributed by atoms with E-state index in [0.29, 0.717) is 30.4 Å². The van der Waals surface area contributed by atoms with Crippen LogP contribution in [0.1, 0.15) is 32.7 Å². The zero-order valence-electron chi connectivity index (χ0n) is 23.7. The van der Waals surface area contributed by atoms with Crippen LogP contribution >= 0.6 is 0 Å². The first-order valence-electron chi connectivity index (χ1n) is 13.5. The number of nitrogens with two attached hydrogens (primary N) is 1. The molecule has 3 heterocycles. The number of aromatic nitrogens is 4. The van der Waals surface area contributed by atoms with Gasteiger partial charge < -0.3 is 20.7 Å². The van der Waals surface area contributed by atoms with Gasteiger partial charge in [0.2, 0.25) is 5.82 Å². The third-order valence-corrected chi connectivity index (χ3v) is 7.39. The first-order chi connectivity index (χ1) is 20.5. The van der Waals surface area contributed by atoms with Crippen LogP contribution in [0.3, 0.4) is 0 Å². The van der Waals surface area contributed by atoms with Crippen molar-refractivity contribution in [1.29, 1.82) is 5.26 Å². The van der Waals surface area contributed by atoms with E-state index >= 15 is 4.39 Å². The van der Waals surface area contributed by atoms with E-state index in [2.05, 4.69) is 15.3 Å². The van der Waals surface area contributed by atoms with Gasteiger partial charge >= 0.3 is 0 Å². The maximum absolute atomic E-state index is 15.5.